The number of ether oxygens (including phenoxy) is 1. The minimum Gasteiger partial charge on any atom is -0.497 e. The van der Waals surface area contributed by atoms with Gasteiger partial charge in [0.2, 0.25) is 5.91 Å². The third-order valence-corrected chi connectivity index (χ3v) is 5.96. The summed E-state index contributed by atoms with van der Waals surface area (Å²) in [6, 6.07) is 15.6. The smallest absolute Gasteiger partial charge is 0.253 e. The van der Waals surface area contributed by atoms with Crippen molar-refractivity contribution in [2.45, 2.75) is 39.3 Å². The molecule has 3 rings (SSSR count). The topological polar surface area (TPSA) is 61.9 Å². The number of hydrogen-bond donors (Lipinski definition) is 1. The normalized spacial score (nSPS) is 14.5. The standard InChI is InChI=1S/C25H33N3O3/c1-4-27(19(2)22-8-7-9-23(16-22)31-3)18-24(29)26-17-20-10-12-21(13-11-20)25(30)28-14-5-6-15-28/h7-13,16,19H,4-6,14-15,17-18H2,1-3H3,(H,26,29). The maximum Gasteiger partial charge on any atom is 0.253 e. The van der Waals surface area contributed by atoms with Gasteiger partial charge in [-0.2, -0.15) is 0 Å². The predicted octanol–water partition coefficient (Wildman–Crippen LogP) is 3.63. The predicted molar refractivity (Wildman–Crippen MR) is 122 cm³/mol. The molecule has 2 amide bonds. The molecule has 6 heteroatoms. The SMILES string of the molecule is CCN(CC(=O)NCc1ccc(C(=O)N2CCCC2)cc1)C(C)c1cccc(OC)c1. The Bertz CT molecular complexity index is 876. The van der Waals surface area contributed by atoms with Crippen LogP contribution >= 0.6 is 0 Å². The molecule has 2 aromatic carbocycles. The molecule has 1 N–H and O–H groups in total. The lowest BCUT2D eigenvalue weighted by atomic mass is 10.1. The van der Waals surface area contributed by atoms with Crippen molar-refractivity contribution in [1.29, 1.82) is 0 Å². The molecule has 0 aliphatic carbocycles. The second-order valence-corrected chi connectivity index (χ2v) is 7.99. The molecule has 31 heavy (non-hydrogen) atoms. The van der Waals surface area contributed by atoms with E-state index in [0.717, 1.165) is 49.4 Å². The van der Waals surface area contributed by atoms with Gasteiger partial charge in [-0.1, -0.05) is 31.2 Å². The van der Waals surface area contributed by atoms with Crippen molar-refractivity contribution < 1.29 is 14.3 Å². The lowest BCUT2D eigenvalue weighted by molar-refractivity contribution is -0.122. The number of benzene rings is 2. The second kappa shape index (κ2) is 11.0. The average Bonchev–Trinajstić information content (AvgIpc) is 3.35. The first-order valence-electron chi connectivity index (χ1n) is 11.0. The molecular formula is C25H33N3O3. The Morgan fingerprint density at radius 2 is 1.84 bits per heavy atom. The fourth-order valence-corrected chi connectivity index (χ4v) is 3.94. The van der Waals surface area contributed by atoms with Gasteiger partial charge >= 0.3 is 0 Å². The molecule has 0 radical (unpaired) electrons. The number of methoxy groups -OCH3 is 1. The van der Waals surface area contributed by atoms with Crippen LogP contribution in [-0.4, -0.2) is 54.9 Å². The first-order chi connectivity index (χ1) is 15.0. The van der Waals surface area contributed by atoms with Crippen LogP contribution in [0.2, 0.25) is 0 Å². The van der Waals surface area contributed by atoms with Gasteiger partial charge in [-0.25, -0.2) is 0 Å². The number of carbonyl (C=O) groups excluding carboxylic acids is 2. The molecule has 1 unspecified atom stereocenters. The zero-order valence-electron chi connectivity index (χ0n) is 18.8. The maximum atomic E-state index is 12.6. The van der Waals surface area contributed by atoms with Crippen LogP contribution in [0, 0.1) is 0 Å². The van der Waals surface area contributed by atoms with Crippen LogP contribution < -0.4 is 10.1 Å². The molecule has 1 aliphatic heterocycles. The van der Waals surface area contributed by atoms with E-state index in [1.54, 1.807) is 7.11 Å². The summed E-state index contributed by atoms with van der Waals surface area (Å²) in [5.41, 5.74) is 2.81. The average molecular weight is 424 g/mol. The van der Waals surface area contributed by atoms with Crippen molar-refractivity contribution in [2.75, 3.05) is 33.3 Å². The van der Waals surface area contributed by atoms with Gasteiger partial charge in [-0.15, -0.1) is 0 Å². The van der Waals surface area contributed by atoms with Crippen LogP contribution in [0.3, 0.4) is 0 Å². The van der Waals surface area contributed by atoms with Gasteiger partial charge in [-0.3, -0.25) is 14.5 Å². The van der Waals surface area contributed by atoms with Crippen molar-refractivity contribution in [3.05, 3.63) is 65.2 Å². The molecule has 1 heterocycles. The Labute approximate surface area is 185 Å². The van der Waals surface area contributed by atoms with Gasteiger partial charge in [-0.05, 0) is 61.7 Å². The summed E-state index contributed by atoms with van der Waals surface area (Å²) in [4.78, 5) is 29.0. The van der Waals surface area contributed by atoms with Crippen LogP contribution in [0.15, 0.2) is 48.5 Å². The third-order valence-electron chi connectivity index (χ3n) is 5.96. The minimum atomic E-state index is -0.0196. The van der Waals surface area contributed by atoms with Crippen LogP contribution in [-0.2, 0) is 11.3 Å². The Balaban J connectivity index is 1.51. The number of carbonyl (C=O) groups is 2. The molecule has 0 saturated carbocycles. The van der Waals surface area contributed by atoms with Crippen LogP contribution in [0.4, 0.5) is 0 Å². The van der Waals surface area contributed by atoms with Gasteiger partial charge in [0, 0.05) is 31.2 Å². The number of amides is 2. The summed E-state index contributed by atoms with van der Waals surface area (Å²) in [6.45, 7) is 7.38. The fraction of sp³-hybridized carbons (Fsp3) is 0.440. The molecule has 0 bridgehead atoms. The molecule has 166 valence electrons. The van der Waals surface area contributed by atoms with Crippen molar-refractivity contribution in [3.8, 4) is 5.75 Å². The molecule has 1 fully saturated rings. The van der Waals surface area contributed by atoms with Crippen molar-refractivity contribution in [1.82, 2.24) is 15.1 Å². The largest absolute Gasteiger partial charge is 0.497 e. The molecule has 6 nitrogen and oxygen atoms in total. The van der Waals surface area contributed by atoms with Crippen molar-refractivity contribution in [3.63, 3.8) is 0 Å². The zero-order chi connectivity index (χ0) is 22.2. The Kier molecular flexibility index (Phi) is 8.06. The van der Waals surface area contributed by atoms with Crippen LogP contribution in [0.5, 0.6) is 5.75 Å². The van der Waals surface area contributed by atoms with E-state index in [0.29, 0.717) is 18.7 Å². The van der Waals surface area contributed by atoms with E-state index in [9.17, 15) is 9.59 Å². The molecule has 1 saturated heterocycles. The highest BCUT2D eigenvalue weighted by Crippen LogP contribution is 2.23. The number of nitrogens with zero attached hydrogens (tertiary/aromatic N) is 2. The molecule has 1 aliphatic rings. The number of rotatable bonds is 9. The molecule has 0 aromatic heterocycles. The lowest BCUT2D eigenvalue weighted by Gasteiger charge is -2.27. The van der Waals surface area contributed by atoms with E-state index in [1.807, 2.05) is 47.4 Å². The summed E-state index contributed by atoms with van der Waals surface area (Å²) < 4.78 is 5.32. The first-order valence-corrected chi connectivity index (χ1v) is 11.0. The highest BCUT2D eigenvalue weighted by molar-refractivity contribution is 5.94. The van der Waals surface area contributed by atoms with E-state index >= 15 is 0 Å². The number of likely N-dealkylation sites (tertiary alicyclic amines) is 1. The Morgan fingerprint density at radius 1 is 1.13 bits per heavy atom. The summed E-state index contributed by atoms with van der Waals surface area (Å²) in [5, 5.41) is 3.00. The fourth-order valence-electron chi connectivity index (χ4n) is 3.94. The van der Waals surface area contributed by atoms with E-state index < -0.39 is 0 Å². The summed E-state index contributed by atoms with van der Waals surface area (Å²) in [7, 11) is 1.66. The maximum absolute atomic E-state index is 12.6. The summed E-state index contributed by atoms with van der Waals surface area (Å²) in [6.07, 6.45) is 2.17. The van der Waals surface area contributed by atoms with Gasteiger partial charge in [0.1, 0.15) is 5.75 Å². The highest BCUT2D eigenvalue weighted by Gasteiger charge is 2.20. The van der Waals surface area contributed by atoms with E-state index in [1.165, 1.54) is 0 Å². The van der Waals surface area contributed by atoms with E-state index in [-0.39, 0.29) is 17.9 Å². The van der Waals surface area contributed by atoms with Gasteiger partial charge in [0.15, 0.2) is 0 Å². The Hall–Kier alpha value is -2.86. The van der Waals surface area contributed by atoms with Gasteiger partial charge < -0.3 is 15.0 Å². The summed E-state index contributed by atoms with van der Waals surface area (Å²) in [5.74, 6) is 0.892. The van der Waals surface area contributed by atoms with E-state index in [4.69, 9.17) is 4.74 Å². The number of hydrogen-bond acceptors (Lipinski definition) is 4. The zero-order valence-corrected chi connectivity index (χ0v) is 18.8. The highest BCUT2D eigenvalue weighted by atomic mass is 16.5. The molecule has 0 spiro atoms. The van der Waals surface area contributed by atoms with Crippen molar-refractivity contribution >= 4 is 11.8 Å². The lowest BCUT2D eigenvalue weighted by Crippen LogP contribution is -2.38. The number of nitrogens with one attached hydrogen (secondary N) is 1. The molecule has 1 atom stereocenters. The number of likely N-dealkylation sites (N-methyl/N-ethyl adjacent to an activating group) is 1. The van der Waals surface area contributed by atoms with Gasteiger partial charge in [0.25, 0.3) is 5.91 Å². The van der Waals surface area contributed by atoms with Crippen molar-refractivity contribution in [2.24, 2.45) is 0 Å². The summed E-state index contributed by atoms with van der Waals surface area (Å²) >= 11 is 0. The molecular weight excluding hydrogens is 390 g/mol. The molecule has 2 aromatic rings. The quantitative estimate of drug-likeness (QED) is 0.669. The van der Waals surface area contributed by atoms with Gasteiger partial charge in [0.05, 0.1) is 13.7 Å². The van der Waals surface area contributed by atoms with Crippen LogP contribution in [0.25, 0.3) is 0 Å². The first kappa shape index (κ1) is 22.8. The van der Waals surface area contributed by atoms with E-state index in [2.05, 4.69) is 30.1 Å². The third kappa shape index (κ3) is 6.07. The van der Waals surface area contributed by atoms with Crippen LogP contribution in [0.1, 0.15) is 54.2 Å². The minimum absolute atomic E-state index is 0.0196. The monoisotopic (exact) mass is 423 g/mol. The Morgan fingerprint density at radius 3 is 2.48 bits per heavy atom. The second-order valence-electron chi connectivity index (χ2n) is 7.99.